The molecule has 2 heteroatoms. The standard InChI is InChI=1S/C13H15NO/c15-11-6-4-2-1-3-5-8-13-9-7-10-14-12-13/h4-12H,1-3H2/b6-4+,8-5+. The van der Waals surface area contributed by atoms with Crippen molar-refractivity contribution >= 4 is 12.4 Å². The van der Waals surface area contributed by atoms with Gasteiger partial charge in [0.25, 0.3) is 0 Å². The van der Waals surface area contributed by atoms with Crippen LogP contribution < -0.4 is 0 Å². The molecule has 1 rings (SSSR count). The summed E-state index contributed by atoms with van der Waals surface area (Å²) in [6, 6.07) is 3.95. The minimum atomic E-state index is 0.811. The van der Waals surface area contributed by atoms with Gasteiger partial charge < -0.3 is 0 Å². The number of aldehydes is 1. The normalized spacial score (nSPS) is 11.2. The molecule has 0 aliphatic rings. The number of aromatic nitrogens is 1. The molecule has 0 bridgehead atoms. The number of carbonyl (C=O) groups excluding carboxylic acids is 1. The van der Waals surface area contributed by atoms with Gasteiger partial charge in [0.15, 0.2) is 0 Å². The second-order valence-corrected chi connectivity index (χ2v) is 3.18. The van der Waals surface area contributed by atoms with Gasteiger partial charge in [-0.25, -0.2) is 0 Å². The third-order valence-corrected chi connectivity index (χ3v) is 1.95. The monoisotopic (exact) mass is 201 g/mol. The summed E-state index contributed by atoms with van der Waals surface area (Å²) in [7, 11) is 0. The van der Waals surface area contributed by atoms with Crippen molar-refractivity contribution in [3.05, 3.63) is 48.3 Å². The Morgan fingerprint density at radius 3 is 2.87 bits per heavy atom. The number of nitrogens with zero attached hydrogens (tertiary/aromatic N) is 1. The van der Waals surface area contributed by atoms with Crippen LogP contribution in [0.25, 0.3) is 6.08 Å². The maximum absolute atomic E-state index is 9.97. The summed E-state index contributed by atoms with van der Waals surface area (Å²) in [4.78, 5) is 14.0. The minimum Gasteiger partial charge on any atom is -0.299 e. The average Bonchev–Trinajstić information content (AvgIpc) is 2.29. The highest BCUT2D eigenvalue weighted by molar-refractivity contribution is 5.64. The van der Waals surface area contributed by atoms with Crippen LogP contribution in [0.2, 0.25) is 0 Å². The summed E-state index contributed by atoms with van der Waals surface area (Å²) >= 11 is 0. The maximum Gasteiger partial charge on any atom is 0.142 e. The second-order valence-electron chi connectivity index (χ2n) is 3.18. The molecule has 0 saturated carbocycles. The van der Waals surface area contributed by atoms with Crippen molar-refractivity contribution in [2.75, 3.05) is 0 Å². The van der Waals surface area contributed by atoms with E-state index in [-0.39, 0.29) is 0 Å². The SMILES string of the molecule is O=C/C=C/CCC/C=C/c1cccnc1. The van der Waals surface area contributed by atoms with Gasteiger partial charge >= 0.3 is 0 Å². The van der Waals surface area contributed by atoms with Crippen molar-refractivity contribution in [1.29, 1.82) is 0 Å². The topological polar surface area (TPSA) is 30.0 Å². The number of rotatable bonds is 6. The van der Waals surface area contributed by atoms with E-state index in [2.05, 4.69) is 17.1 Å². The number of allylic oxidation sites excluding steroid dienone is 3. The molecule has 0 aliphatic carbocycles. The Morgan fingerprint density at radius 2 is 2.13 bits per heavy atom. The van der Waals surface area contributed by atoms with Gasteiger partial charge in [-0.15, -0.1) is 0 Å². The van der Waals surface area contributed by atoms with Crippen LogP contribution in [-0.2, 0) is 4.79 Å². The predicted octanol–water partition coefficient (Wildman–Crippen LogP) is 3.02. The molecule has 0 aromatic carbocycles. The van der Waals surface area contributed by atoms with E-state index >= 15 is 0 Å². The van der Waals surface area contributed by atoms with Crippen LogP contribution in [0, 0.1) is 0 Å². The minimum absolute atomic E-state index is 0.811. The van der Waals surface area contributed by atoms with Gasteiger partial charge in [0.2, 0.25) is 0 Å². The molecule has 0 amide bonds. The third kappa shape index (κ3) is 5.57. The fraction of sp³-hybridized carbons (Fsp3) is 0.231. The number of hydrogen-bond acceptors (Lipinski definition) is 2. The Bertz CT molecular complexity index is 328. The van der Waals surface area contributed by atoms with Gasteiger partial charge in [-0.1, -0.05) is 24.3 Å². The van der Waals surface area contributed by atoms with Gasteiger partial charge in [-0.3, -0.25) is 9.78 Å². The van der Waals surface area contributed by atoms with Gasteiger partial charge in [0.1, 0.15) is 6.29 Å². The molecule has 15 heavy (non-hydrogen) atoms. The number of pyridine rings is 1. The van der Waals surface area contributed by atoms with E-state index in [1.54, 1.807) is 12.3 Å². The van der Waals surface area contributed by atoms with Crippen molar-refractivity contribution in [3.8, 4) is 0 Å². The molecule has 0 saturated heterocycles. The Kier molecular flexibility index (Phi) is 5.82. The molecule has 1 heterocycles. The zero-order valence-electron chi connectivity index (χ0n) is 8.67. The van der Waals surface area contributed by atoms with Crippen LogP contribution in [0.5, 0.6) is 0 Å². The molecule has 1 aromatic heterocycles. The van der Waals surface area contributed by atoms with E-state index in [4.69, 9.17) is 0 Å². The lowest BCUT2D eigenvalue weighted by Crippen LogP contribution is -1.74. The van der Waals surface area contributed by atoms with Crippen molar-refractivity contribution in [3.63, 3.8) is 0 Å². The first kappa shape index (κ1) is 11.4. The summed E-state index contributed by atoms with van der Waals surface area (Å²) < 4.78 is 0. The molecule has 0 spiro atoms. The molecular formula is C13H15NO. The van der Waals surface area contributed by atoms with Crippen LogP contribution in [-0.4, -0.2) is 11.3 Å². The fourth-order valence-electron chi connectivity index (χ4n) is 1.20. The number of carbonyl (C=O) groups is 1. The van der Waals surface area contributed by atoms with E-state index in [9.17, 15) is 4.79 Å². The van der Waals surface area contributed by atoms with Crippen molar-refractivity contribution in [2.24, 2.45) is 0 Å². The Labute approximate surface area is 90.4 Å². The molecule has 0 atom stereocenters. The lowest BCUT2D eigenvalue weighted by Gasteiger charge is -1.91. The van der Waals surface area contributed by atoms with Crippen LogP contribution in [0.1, 0.15) is 24.8 Å². The predicted molar refractivity (Wildman–Crippen MR) is 62.3 cm³/mol. The van der Waals surface area contributed by atoms with E-state index in [0.717, 1.165) is 31.1 Å². The maximum atomic E-state index is 9.97. The van der Waals surface area contributed by atoms with Crippen molar-refractivity contribution in [2.45, 2.75) is 19.3 Å². The first-order valence-corrected chi connectivity index (χ1v) is 5.10. The Hall–Kier alpha value is -1.70. The molecule has 0 aliphatic heterocycles. The Balaban J connectivity index is 2.17. The largest absolute Gasteiger partial charge is 0.299 e. The molecule has 0 fully saturated rings. The first-order valence-electron chi connectivity index (χ1n) is 5.10. The highest BCUT2D eigenvalue weighted by atomic mass is 16.1. The highest BCUT2D eigenvalue weighted by Crippen LogP contribution is 2.03. The second kappa shape index (κ2) is 7.68. The molecular weight excluding hydrogens is 186 g/mol. The van der Waals surface area contributed by atoms with E-state index in [1.165, 1.54) is 0 Å². The van der Waals surface area contributed by atoms with Gasteiger partial charge in [-0.2, -0.15) is 0 Å². The summed E-state index contributed by atoms with van der Waals surface area (Å²) in [5.41, 5.74) is 1.13. The summed E-state index contributed by atoms with van der Waals surface area (Å²) in [6.45, 7) is 0. The van der Waals surface area contributed by atoms with E-state index < -0.39 is 0 Å². The van der Waals surface area contributed by atoms with E-state index in [0.29, 0.717) is 0 Å². The first-order chi connectivity index (χ1) is 7.43. The third-order valence-electron chi connectivity index (χ3n) is 1.95. The van der Waals surface area contributed by atoms with Gasteiger partial charge in [-0.05, 0) is 37.0 Å². The Morgan fingerprint density at radius 1 is 1.27 bits per heavy atom. The lowest BCUT2D eigenvalue weighted by molar-refractivity contribution is -0.104. The smallest absolute Gasteiger partial charge is 0.142 e. The van der Waals surface area contributed by atoms with Crippen molar-refractivity contribution in [1.82, 2.24) is 4.98 Å². The molecule has 1 aromatic rings. The van der Waals surface area contributed by atoms with Gasteiger partial charge in [0.05, 0.1) is 0 Å². The quantitative estimate of drug-likeness (QED) is 0.402. The fourth-order valence-corrected chi connectivity index (χ4v) is 1.20. The zero-order valence-corrected chi connectivity index (χ0v) is 8.67. The average molecular weight is 201 g/mol. The van der Waals surface area contributed by atoms with Gasteiger partial charge in [0, 0.05) is 12.4 Å². The van der Waals surface area contributed by atoms with Crippen LogP contribution in [0.4, 0.5) is 0 Å². The van der Waals surface area contributed by atoms with Crippen LogP contribution in [0.3, 0.4) is 0 Å². The summed E-state index contributed by atoms with van der Waals surface area (Å²) in [6.07, 6.45) is 15.1. The summed E-state index contributed by atoms with van der Waals surface area (Å²) in [5, 5.41) is 0. The van der Waals surface area contributed by atoms with Crippen molar-refractivity contribution < 1.29 is 4.79 Å². The van der Waals surface area contributed by atoms with Crippen LogP contribution >= 0.6 is 0 Å². The lowest BCUT2D eigenvalue weighted by atomic mass is 10.2. The molecule has 0 unspecified atom stereocenters. The molecule has 78 valence electrons. The number of unbranched alkanes of at least 4 members (excludes halogenated alkanes) is 2. The van der Waals surface area contributed by atoms with E-state index in [1.807, 2.05) is 24.4 Å². The van der Waals surface area contributed by atoms with Crippen LogP contribution in [0.15, 0.2) is 42.8 Å². The molecule has 2 nitrogen and oxygen atoms in total. The molecule has 0 radical (unpaired) electrons. The number of hydrogen-bond donors (Lipinski definition) is 0. The molecule has 0 N–H and O–H groups in total. The zero-order chi connectivity index (χ0) is 10.8. The highest BCUT2D eigenvalue weighted by Gasteiger charge is 1.84. The summed E-state index contributed by atoms with van der Waals surface area (Å²) in [5.74, 6) is 0.